The Morgan fingerprint density at radius 3 is 2.70 bits per heavy atom. The smallest absolute Gasteiger partial charge is 0.221 e. The molecule has 5 nitrogen and oxygen atoms in total. The molecule has 2 rings (SSSR count). The van der Waals surface area contributed by atoms with Gasteiger partial charge in [0.25, 0.3) is 0 Å². The molecule has 0 aliphatic heterocycles. The van der Waals surface area contributed by atoms with E-state index in [2.05, 4.69) is 20.8 Å². The number of pyridine rings is 1. The quantitative estimate of drug-likeness (QED) is 0.662. The van der Waals surface area contributed by atoms with Crippen molar-refractivity contribution in [2.45, 2.75) is 13.8 Å². The summed E-state index contributed by atoms with van der Waals surface area (Å²) in [7, 11) is 0. The highest BCUT2D eigenvalue weighted by Crippen LogP contribution is 2.12. The Labute approximate surface area is 117 Å². The maximum atomic E-state index is 11.0. The molecule has 2 N–H and O–H groups in total. The molecule has 0 saturated heterocycles. The highest BCUT2D eigenvalue weighted by Gasteiger charge is 2.01. The van der Waals surface area contributed by atoms with Crippen LogP contribution in [0.4, 0.5) is 11.5 Å². The zero-order chi connectivity index (χ0) is 14.4. The molecule has 0 saturated carbocycles. The molecule has 1 amide bonds. The SMILES string of the molecule is CC(=O)Nc1cccc(C(C)=NNc2ccccn2)c1. The summed E-state index contributed by atoms with van der Waals surface area (Å²) in [5.41, 5.74) is 5.38. The topological polar surface area (TPSA) is 66.4 Å². The first-order valence-electron chi connectivity index (χ1n) is 6.24. The summed E-state index contributed by atoms with van der Waals surface area (Å²) in [5.74, 6) is 0.591. The van der Waals surface area contributed by atoms with Gasteiger partial charge in [-0.15, -0.1) is 0 Å². The predicted molar refractivity (Wildman–Crippen MR) is 80.8 cm³/mol. The zero-order valence-corrected chi connectivity index (χ0v) is 11.4. The van der Waals surface area contributed by atoms with Gasteiger partial charge in [-0.05, 0) is 36.8 Å². The van der Waals surface area contributed by atoms with E-state index in [1.54, 1.807) is 6.20 Å². The Morgan fingerprint density at radius 2 is 2.00 bits per heavy atom. The van der Waals surface area contributed by atoms with Gasteiger partial charge in [-0.1, -0.05) is 18.2 Å². The average molecular weight is 268 g/mol. The molecular formula is C15H16N4O. The lowest BCUT2D eigenvalue weighted by Crippen LogP contribution is -2.07. The van der Waals surface area contributed by atoms with E-state index in [1.807, 2.05) is 49.4 Å². The van der Waals surface area contributed by atoms with Crippen LogP contribution >= 0.6 is 0 Å². The second kappa shape index (κ2) is 6.47. The zero-order valence-electron chi connectivity index (χ0n) is 11.4. The second-order valence-corrected chi connectivity index (χ2v) is 4.29. The summed E-state index contributed by atoms with van der Waals surface area (Å²) < 4.78 is 0. The fourth-order valence-electron chi connectivity index (χ4n) is 1.66. The molecule has 1 heterocycles. The number of hydrogen-bond acceptors (Lipinski definition) is 4. The largest absolute Gasteiger partial charge is 0.326 e. The Hall–Kier alpha value is -2.69. The van der Waals surface area contributed by atoms with Gasteiger partial charge in [0.2, 0.25) is 5.91 Å². The van der Waals surface area contributed by atoms with E-state index >= 15 is 0 Å². The Morgan fingerprint density at radius 1 is 1.15 bits per heavy atom. The first-order chi connectivity index (χ1) is 9.65. The maximum absolute atomic E-state index is 11.0. The van der Waals surface area contributed by atoms with Gasteiger partial charge >= 0.3 is 0 Å². The molecule has 0 radical (unpaired) electrons. The molecular weight excluding hydrogens is 252 g/mol. The van der Waals surface area contributed by atoms with Crippen molar-refractivity contribution in [1.29, 1.82) is 0 Å². The van der Waals surface area contributed by atoms with Gasteiger partial charge in [-0.2, -0.15) is 5.10 Å². The van der Waals surface area contributed by atoms with Gasteiger partial charge in [-0.25, -0.2) is 4.98 Å². The molecule has 0 spiro atoms. The van der Waals surface area contributed by atoms with Crippen molar-refractivity contribution in [1.82, 2.24) is 4.98 Å². The number of amides is 1. The van der Waals surface area contributed by atoms with Gasteiger partial charge in [-0.3, -0.25) is 10.2 Å². The number of carbonyl (C=O) groups excluding carboxylic acids is 1. The van der Waals surface area contributed by atoms with E-state index in [0.717, 1.165) is 17.0 Å². The molecule has 0 fully saturated rings. The Kier molecular flexibility index (Phi) is 4.44. The standard InChI is InChI=1S/C15H16N4O/c1-11(18-19-15-8-3-4-9-16-15)13-6-5-7-14(10-13)17-12(2)20/h3-10H,1-2H3,(H,16,19)(H,17,20). The number of hydrazone groups is 1. The summed E-state index contributed by atoms with van der Waals surface area (Å²) in [4.78, 5) is 15.2. The summed E-state index contributed by atoms with van der Waals surface area (Å²) >= 11 is 0. The number of hydrogen-bond donors (Lipinski definition) is 2. The van der Waals surface area contributed by atoms with Crippen molar-refractivity contribution in [3.63, 3.8) is 0 Å². The van der Waals surface area contributed by atoms with Crippen molar-refractivity contribution in [3.05, 3.63) is 54.2 Å². The summed E-state index contributed by atoms with van der Waals surface area (Å²) in [6.45, 7) is 3.37. The minimum Gasteiger partial charge on any atom is -0.326 e. The van der Waals surface area contributed by atoms with Crippen LogP contribution in [0.3, 0.4) is 0 Å². The molecule has 1 aromatic carbocycles. The summed E-state index contributed by atoms with van der Waals surface area (Å²) in [6, 6.07) is 13.1. The van der Waals surface area contributed by atoms with Crippen LogP contribution in [0.15, 0.2) is 53.8 Å². The van der Waals surface area contributed by atoms with E-state index < -0.39 is 0 Å². The minimum absolute atomic E-state index is 0.0941. The first-order valence-corrected chi connectivity index (χ1v) is 6.24. The molecule has 0 bridgehead atoms. The summed E-state index contributed by atoms with van der Waals surface area (Å²) in [6.07, 6.45) is 1.70. The van der Waals surface area contributed by atoms with Gasteiger partial charge in [0.15, 0.2) is 0 Å². The maximum Gasteiger partial charge on any atom is 0.221 e. The second-order valence-electron chi connectivity index (χ2n) is 4.29. The van der Waals surface area contributed by atoms with Crippen molar-refractivity contribution >= 4 is 23.1 Å². The van der Waals surface area contributed by atoms with Crippen molar-refractivity contribution in [2.75, 3.05) is 10.7 Å². The van der Waals surface area contributed by atoms with Crippen LogP contribution in [0.25, 0.3) is 0 Å². The monoisotopic (exact) mass is 268 g/mol. The van der Waals surface area contributed by atoms with Gasteiger partial charge in [0.1, 0.15) is 5.82 Å². The lowest BCUT2D eigenvalue weighted by molar-refractivity contribution is -0.114. The molecule has 0 atom stereocenters. The molecule has 0 aliphatic rings. The van der Waals surface area contributed by atoms with Crippen molar-refractivity contribution < 1.29 is 4.79 Å². The van der Waals surface area contributed by atoms with Crippen LogP contribution in [-0.4, -0.2) is 16.6 Å². The normalized spacial score (nSPS) is 11.0. The van der Waals surface area contributed by atoms with Crippen LogP contribution in [-0.2, 0) is 4.79 Å². The lowest BCUT2D eigenvalue weighted by atomic mass is 10.1. The Balaban J connectivity index is 2.12. The molecule has 0 unspecified atom stereocenters. The minimum atomic E-state index is -0.0941. The molecule has 0 aliphatic carbocycles. The molecule has 102 valence electrons. The number of rotatable bonds is 4. The van der Waals surface area contributed by atoms with Gasteiger partial charge < -0.3 is 5.32 Å². The average Bonchev–Trinajstić information content (AvgIpc) is 2.45. The van der Waals surface area contributed by atoms with E-state index in [-0.39, 0.29) is 5.91 Å². The van der Waals surface area contributed by atoms with Gasteiger partial charge in [0, 0.05) is 18.8 Å². The molecule has 5 heteroatoms. The third-order valence-electron chi connectivity index (χ3n) is 2.60. The third-order valence-corrected chi connectivity index (χ3v) is 2.60. The highest BCUT2D eigenvalue weighted by molar-refractivity contribution is 6.00. The van der Waals surface area contributed by atoms with Crippen molar-refractivity contribution in [2.24, 2.45) is 5.10 Å². The van der Waals surface area contributed by atoms with Crippen molar-refractivity contribution in [3.8, 4) is 0 Å². The van der Waals surface area contributed by atoms with Crippen LogP contribution in [0.1, 0.15) is 19.4 Å². The van der Waals surface area contributed by atoms with Crippen LogP contribution < -0.4 is 10.7 Å². The predicted octanol–water partition coefficient (Wildman–Crippen LogP) is 2.88. The fourth-order valence-corrected chi connectivity index (χ4v) is 1.66. The molecule has 2 aromatic rings. The molecule has 1 aromatic heterocycles. The van der Waals surface area contributed by atoms with Gasteiger partial charge in [0.05, 0.1) is 5.71 Å². The Bertz CT molecular complexity index is 623. The van der Waals surface area contributed by atoms with E-state index in [9.17, 15) is 4.79 Å². The van der Waals surface area contributed by atoms with Crippen LogP contribution in [0.2, 0.25) is 0 Å². The fraction of sp³-hybridized carbons (Fsp3) is 0.133. The first kappa shape index (κ1) is 13.7. The van der Waals surface area contributed by atoms with E-state index in [1.165, 1.54) is 6.92 Å². The van der Waals surface area contributed by atoms with Crippen LogP contribution in [0, 0.1) is 0 Å². The number of benzene rings is 1. The lowest BCUT2D eigenvalue weighted by Gasteiger charge is -2.06. The molecule has 20 heavy (non-hydrogen) atoms. The highest BCUT2D eigenvalue weighted by atomic mass is 16.1. The number of carbonyl (C=O) groups is 1. The number of aromatic nitrogens is 1. The van der Waals surface area contributed by atoms with Crippen LogP contribution in [0.5, 0.6) is 0 Å². The summed E-state index contributed by atoms with van der Waals surface area (Å²) in [5, 5.41) is 7.02. The third kappa shape index (κ3) is 3.91. The number of nitrogens with zero attached hydrogens (tertiary/aromatic N) is 2. The van der Waals surface area contributed by atoms with E-state index in [0.29, 0.717) is 5.82 Å². The number of nitrogens with one attached hydrogen (secondary N) is 2. The number of anilines is 2. The van der Waals surface area contributed by atoms with E-state index in [4.69, 9.17) is 0 Å².